The summed E-state index contributed by atoms with van der Waals surface area (Å²) in [7, 11) is -3.34. The molecular weight excluding hydrogens is 294 g/mol. The average molecular weight is 316 g/mol. The highest BCUT2D eigenvalue weighted by Crippen LogP contribution is 2.24. The van der Waals surface area contributed by atoms with Crippen LogP contribution >= 0.6 is 11.6 Å². The fraction of sp³-hybridized carbons (Fsp3) is 0.600. The molecule has 0 radical (unpaired) electrons. The zero-order valence-corrected chi connectivity index (χ0v) is 13.5. The van der Waals surface area contributed by atoms with Crippen LogP contribution in [-0.4, -0.2) is 31.7 Å². The Morgan fingerprint density at radius 1 is 1.20 bits per heavy atom. The van der Waals surface area contributed by atoms with Crippen LogP contribution < -0.4 is 0 Å². The van der Waals surface area contributed by atoms with E-state index in [4.69, 9.17) is 11.6 Å². The van der Waals surface area contributed by atoms with Gasteiger partial charge in [0.1, 0.15) is 0 Å². The maximum Gasteiger partial charge on any atom is 0.243 e. The van der Waals surface area contributed by atoms with E-state index in [9.17, 15) is 8.42 Å². The third-order valence-corrected chi connectivity index (χ3v) is 6.24. The van der Waals surface area contributed by atoms with Crippen LogP contribution in [0.15, 0.2) is 29.2 Å². The van der Waals surface area contributed by atoms with Gasteiger partial charge in [-0.1, -0.05) is 25.5 Å². The molecular formula is C15H22ClNO2S. The van der Waals surface area contributed by atoms with Gasteiger partial charge in [0.15, 0.2) is 0 Å². The van der Waals surface area contributed by atoms with Crippen LogP contribution in [0.4, 0.5) is 0 Å². The Morgan fingerprint density at radius 2 is 1.80 bits per heavy atom. The zero-order chi connectivity index (χ0) is 14.6. The Balaban J connectivity index is 2.10. The first-order valence-electron chi connectivity index (χ1n) is 7.23. The second-order valence-electron chi connectivity index (χ2n) is 5.40. The van der Waals surface area contributed by atoms with E-state index in [1.165, 1.54) is 5.56 Å². The number of hydrogen-bond acceptors (Lipinski definition) is 2. The van der Waals surface area contributed by atoms with E-state index >= 15 is 0 Å². The van der Waals surface area contributed by atoms with Crippen molar-refractivity contribution in [1.82, 2.24) is 4.31 Å². The lowest BCUT2D eigenvalue weighted by molar-refractivity contribution is 0.290. The summed E-state index contributed by atoms with van der Waals surface area (Å²) in [6.07, 6.45) is 3.77. The summed E-state index contributed by atoms with van der Waals surface area (Å²) in [5.74, 6) is 1.08. The molecule has 0 saturated carbocycles. The fourth-order valence-electron chi connectivity index (χ4n) is 2.57. The Labute approximate surface area is 127 Å². The SMILES string of the molecule is CCCc1ccc(S(=O)(=O)N2CCC(CCl)CC2)cc1. The Bertz CT molecular complexity index is 519. The molecule has 0 spiro atoms. The summed E-state index contributed by atoms with van der Waals surface area (Å²) in [6, 6.07) is 7.30. The van der Waals surface area contributed by atoms with E-state index in [2.05, 4.69) is 6.92 Å². The molecule has 3 nitrogen and oxygen atoms in total. The van der Waals surface area contributed by atoms with Gasteiger partial charge >= 0.3 is 0 Å². The van der Waals surface area contributed by atoms with Crippen molar-refractivity contribution in [2.45, 2.75) is 37.5 Å². The highest BCUT2D eigenvalue weighted by Gasteiger charge is 2.28. The van der Waals surface area contributed by atoms with E-state index in [0.717, 1.165) is 25.7 Å². The number of rotatable bonds is 5. The summed E-state index contributed by atoms with van der Waals surface area (Å²) in [4.78, 5) is 0.404. The molecule has 1 aliphatic rings. The third kappa shape index (κ3) is 3.54. The molecule has 0 amide bonds. The van der Waals surface area contributed by atoms with Crippen molar-refractivity contribution >= 4 is 21.6 Å². The second-order valence-corrected chi connectivity index (χ2v) is 7.64. The van der Waals surface area contributed by atoms with Gasteiger partial charge in [-0.2, -0.15) is 4.31 Å². The minimum atomic E-state index is -3.34. The van der Waals surface area contributed by atoms with Crippen molar-refractivity contribution in [3.05, 3.63) is 29.8 Å². The monoisotopic (exact) mass is 315 g/mol. The summed E-state index contributed by atoms with van der Waals surface area (Å²) >= 11 is 5.84. The molecule has 112 valence electrons. The van der Waals surface area contributed by atoms with E-state index < -0.39 is 10.0 Å². The van der Waals surface area contributed by atoms with E-state index in [1.807, 2.05) is 12.1 Å². The lowest BCUT2D eigenvalue weighted by Crippen LogP contribution is -2.38. The van der Waals surface area contributed by atoms with Crippen LogP contribution in [0, 0.1) is 5.92 Å². The Hall–Kier alpha value is -0.580. The molecule has 1 fully saturated rings. The highest BCUT2D eigenvalue weighted by molar-refractivity contribution is 7.89. The Kier molecular flexibility index (Phi) is 5.47. The van der Waals surface area contributed by atoms with Gasteiger partial charge in [-0.15, -0.1) is 11.6 Å². The molecule has 2 rings (SSSR count). The number of piperidine rings is 1. The predicted octanol–water partition coefficient (Wildman–Crippen LogP) is 3.28. The second kappa shape index (κ2) is 6.92. The van der Waals surface area contributed by atoms with Gasteiger partial charge in [-0.05, 0) is 42.9 Å². The minimum absolute atomic E-state index is 0.404. The molecule has 0 bridgehead atoms. The molecule has 1 saturated heterocycles. The molecule has 1 aromatic carbocycles. The quantitative estimate of drug-likeness (QED) is 0.782. The van der Waals surface area contributed by atoms with Gasteiger partial charge in [0.2, 0.25) is 10.0 Å². The molecule has 20 heavy (non-hydrogen) atoms. The maximum absolute atomic E-state index is 12.5. The van der Waals surface area contributed by atoms with Crippen LogP contribution in [0.2, 0.25) is 0 Å². The van der Waals surface area contributed by atoms with Gasteiger partial charge in [0, 0.05) is 19.0 Å². The first kappa shape index (κ1) is 15.8. The standard InChI is InChI=1S/C15H22ClNO2S/c1-2-3-13-4-6-15(7-5-13)20(18,19)17-10-8-14(12-16)9-11-17/h4-7,14H,2-3,8-12H2,1H3. The van der Waals surface area contributed by atoms with Crippen molar-refractivity contribution in [2.75, 3.05) is 19.0 Å². The Morgan fingerprint density at radius 3 is 2.30 bits per heavy atom. The summed E-state index contributed by atoms with van der Waals surface area (Å²) < 4.78 is 26.7. The number of hydrogen-bond donors (Lipinski definition) is 0. The molecule has 1 heterocycles. The minimum Gasteiger partial charge on any atom is -0.207 e. The van der Waals surface area contributed by atoms with Gasteiger partial charge in [0.05, 0.1) is 4.90 Å². The molecule has 0 aliphatic carbocycles. The number of nitrogens with zero attached hydrogens (tertiary/aromatic N) is 1. The number of alkyl halides is 1. The number of benzene rings is 1. The normalized spacial score (nSPS) is 18.3. The summed E-state index contributed by atoms with van der Waals surface area (Å²) in [5, 5.41) is 0. The van der Waals surface area contributed by atoms with Gasteiger partial charge < -0.3 is 0 Å². The van der Waals surface area contributed by atoms with Crippen molar-refractivity contribution in [1.29, 1.82) is 0 Å². The molecule has 0 N–H and O–H groups in total. The van der Waals surface area contributed by atoms with Gasteiger partial charge in [-0.3, -0.25) is 0 Å². The lowest BCUT2D eigenvalue weighted by Gasteiger charge is -2.30. The largest absolute Gasteiger partial charge is 0.243 e. The molecule has 1 aromatic rings. The van der Waals surface area contributed by atoms with Crippen molar-refractivity contribution < 1.29 is 8.42 Å². The van der Waals surface area contributed by atoms with Crippen LogP contribution in [-0.2, 0) is 16.4 Å². The van der Waals surface area contributed by atoms with Crippen LogP contribution in [0.25, 0.3) is 0 Å². The first-order chi connectivity index (χ1) is 9.57. The maximum atomic E-state index is 12.5. The summed E-state index contributed by atoms with van der Waals surface area (Å²) in [6.45, 7) is 3.28. The first-order valence-corrected chi connectivity index (χ1v) is 9.20. The topological polar surface area (TPSA) is 37.4 Å². The average Bonchev–Trinajstić information content (AvgIpc) is 2.48. The highest BCUT2D eigenvalue weighted by atomic mass is 35.5. The molecule has 5 heteroatoms. The third-order valence-electron chi connectivity index (χ3n) is 3.89. The lowest BCUT2D eigenvalue weighted by atomic mass is 10.0. The number of sulfonamides is 1. The van der Waals surface area contributed by atoms with Crippen molar-refractivity contribution in [3.8, 4) is 0 Å². The van der Waals surface area contributed by atoms with Crippen molar-refractivity contribution in [3.63, 3.8) is 0 Å². The molecule has 0 unspecified atom stereocenters. The summed E-state index contributed by atoms with van der Waals surface area (Å²) in [5.41, 5.74) is 1.19. The fourth-order valence-corrected chi connectivity index (χ4v) is 4.35. The molecule has 0 aromatic heterocycles. The number of aryl methyl sites for hydroxylation is 1. The predicted molar refractivity (Wildman–Crippen MR) is 82.6 cm³/mol. The van der Waals surface area contributed by atoms with Gasteiger partial charge in [0.25, 0.3) is 0 Å². The van der Waals surface area contributed by atoms with Crippen LogP contribution in [0.5, 0.6) is 0 Å². The zero-order valence-electron chi connectivity index (χ0n) is 11.9. The smallest absolute Gasteiger partial charge is 0.207 e. The van der Waals surface area contributed by atoms with Crippen molar-refractivity contribution in [2.24, 2.45) is 5.92 Å². The van der Waals surface area contributed by atoms with Crippen LogP contribution in [0.3, 0.4) is 0 Å². The van der Waals surface area contributed by atoms with E-state index in [1.54, 1.807) is 16.4 Å². The van der Waals surface area contributed by atoms with E-state index in [-0.39, 0.29) is 0 Å². The van der Waals surface area contributed by atoms with E-state index in [0.29, 0.717) is 29.8 Å². The van der Waals surface area contributed by atoms with Gasteiger partial charge in [-0.25, -0.2) is 8.42 Å². The number of halogens is 1. The molecule has 0 atom stereocenters. The van der Waals surface area contributed by atoms with Crippen LogP contribution in [0.1, 0.15) is 31.7 Å². The molecule has 1 aliphatic heterocycles.